The number of nitrogens with zero attached hydrogens (tertiary/aromatic N) is 1. The highest BCUT2D eigenvalue weighted by Gasteiger charge is 2.48. The number of hydrogen-bond donors (Lipinski definition) is 1. The van der Waals surface area contributed by atoms with Gasteiger partial charge in [0.25, 0.3) is 11.7 Å². The van der Waals surface area contributed by atoms with Crippen molar-refractivity contribution >= 4 is 34.5 Å². The van der Waals surface area contributed by atoms with Crippen molar-refractivity contribution in [3.05, 3.63) is 87.1 Å². The second kappa shape index (κ2) is 9.22. The molecule has 1 aliphatic rings. The number of thiophene rings is 1. The van der Waals surface area contributed by atoms with Crippen LogP contribution in [0.25, 0.3) is 5.76 Å². The highest BCUT2D eigenvalue weighted by Crippen LogP contribution is 2.45. The third kappa shape index (κ3) is 4.68. The van der Waals surface area contributed by atoms with Gasteiger partial charge < -0.3 is 9.84 Å². The number of aryl methyl sites for hydroxylation is 1. The molecule has 1 amide bonds. The molecule has 5 nitrogen and oxygen atoms in total. The van der Waals surface area contributed by atoms with E-state index >= 15 is 0 Å². The molecule has 0 radical (unpaired) electrons. The first-order chi connectivity index (χ1) is 16.5. The molecule has 2 heterocycles. The lowest BCUT2D eigenvalue weighted by Crippen LogP contribution is -2.29. The molecule has 182 valence electrons. The van der Waals surface area contributed by atoms with E-state index in [1.165, 1.54) is 23.5 Å². The zero-order valence-electron chi connectivity index (χ0n) is 19.1. The molecule has 3 aromatic rings. The summed E-state index contributed by atoms with van der Waals surface area (Å²) in [5, 5.41) is 12.9. The number of halogens is 3. The van der Waals surface area contributed by atoms with Gasteiger partial charge in [-0.25, -0.2) is 0 Å². The second-order valence-electron chi connectivity index (χ2n) is 8.38. The number of ether oxygens (including phenoxy) is 1. The van der Waals surface area contributed by atoms with Gasteiger partial charge in [-0.15, -0.1) is 11.3 Å². The molecule has 1 N–H and O–H groups in total. The summed E-state index contributed by atoms with van der Waals surface area (Å²) in [6.45, 7) is 5.51. The van der Waals surface area contributed by atoms with Crippen molar-refractivity contribution in [2.75, 3.05) is 4.90 Å². The molecule has 1 unspecified atom stereocenters. The Balaban J connectivity index is 1.87. The summed E-state index contributed by atoms with van der Waals surface area (Å²) in [4.78, 5) is 27.9. The number of aliphatic hydroxyl groups is 1. The summed E-state index contributed by atoms with van der Waals surface area (Å²) in [6.07, 6.45) is -4.69. The van der Waals surface area contributed by atoms with E-state index in [0.29, 0.717) is 10.6 Å². The van der Waals surface area contributed by atoms with Crippen molar-refractivity contribution in [1.29, 1.82) is 0 Å². The van der Waals surface area contributed by atoms with Gasteiger partial charge in [-0.1, -0.05) is 6.07 Å². The van der Waals surface area contributed by atoms with Crippen LogP contribution in [0.1, 0.15) is 41.5 Å². The summed E-state index contributed by atoms with van der Waals surface area (Å²) in [5.41, 5.74) is -0.193. The Morgan fingerprint density at radius 1 is 1.09 bits per heavy atom. The van der Waals surface area contributed by atoms with Crippen LogP contribution in [0.15, 0.2) is 65.6 Å². The van der Waals surface area contributed by atoms with Gasteiger partial charge in [-0.2, -0.15) is 13.2 Å². The normalized spacial score (nSPS) is 17.9. The number of hydrogen-bond acceptors (Lipinski definition) is 5. The fourth-order valence-corrected chi connectivity index (χ4v) is 4.99. The molecular weight excluding hydrogens is 479 g/mol. The second-order valence-corrected chi connectivity index (χ2v) is 9.32. The molecule has 4 rings (SSSR count). The molecule has 1 aromatic heterocycles. The number of rotatable bonds is 5. The molecule has 35 heavy (non-hydrogen) atoms. The molecule has 2 aromatic carbocycles. The van der Waals surface area contributed by atoms with Crippen LogP contribution in [0.2, 0.25) is 0 Å². The topological polar surface area (TPSA) is 66.8 Å². The molecule has 0 spiro atoms. The van der Waals surface area contributed by atoms with Crippen LogP contribution in [0, 0.1) is 6.92 Å². The first-order valence-corrected chi connectivity index (χ1v) is 11.7. The van der Waals surface area contributed by atoms with Crippen LogP contribution in [-0.2, 0) is 15.8 Å². The van der Waals surface area contributed by atoms with E-state index < -0.39 is 35.2 Å². The molecular formula is C26H22F3NO4S. The van der Waals surface area contributed by atoms with Gasteiger partial charge in [0.2, 0.25) is 0 Å². The molecule has 9 heteroatoms. The Bertz CT molecular complexity index is 1310. The quantitative estimate of drug-likeness (QED) is 0.247. The zero-order chi connectivity index (χ0) is 25.5. The van der Waals surface area contributed by atoms with Crippen LogP contribution in [-0.4, -0.2) is 22.9 Å². The molecule has 1 saturated heterocycles. The molecule has 1 atom stereocenters. The van der Waals surface area contributed by atoms with Crippen LogP contribution in [0.3, 0.4) is 0 Å². The van der Waals surface area contributed by atoms with Gasteiger partial charge in [0.1, 0.15) is 17.6 Å². The van der Waals surface area contributed by atoms with E-state index in [4.69, 9.17) is 4.74 Å². The average molecular weight is 502 g/mol. The van der Waals surface area contributed by atoms with Gasteiger partial charge in [0.05, 0.1) is 17.2 Å². The highest BCUT2D eigenvalue weighted by molar-refractivity contribution is 7.10. The maximum atomic E-state index is 13.4. The van der Waals surface area contributed by atoms with Crippen molar-refractivity contribution in [2.45, 2.75) is 39.1 Å². The minimum atomic E-state index is -4.63. The third-order valence-corrected chi connectivity index (χ3v) is 6.62. The summed E-state index contributed by atoms with van der Waals surface area (Å²) >= 11 is 1.25. The Morgan fingerprint density at radius 2 is 1.77 bits per heavy atom. The van der Waals surface area contributed by atoms with E-state index in [0.717, 1.165) is 22.6 Å². The summed E-state index contributed by atoms with van der Waals surface area (Å²) < 4.78 is 45.7. The van der Waals surface area contributed by atoms with Crippen LogP contribution in [0.5, 0.6) is 5.75 Å². The molecule has 0 saturated carbocycles. The van der Waals surface area contributed by atoms with Gasteiger partial charge in [-0.05, 0) is 80.2 Å². The lowest BCUT2D eigenvalue weighted by Gasteiger charge is -2.25. The van der Waals surface area contributed by atoms with Crippen LogP contribution in [0.4, 0.5) is 18.9 Å². The third-order valence-electron chi connectivity index (χ3n) is 5.55. The SMILES string of the molecule is Cc1ccsc1C1/C(=C(/O)c2ccc(OC(C)C)cc2)C(=O)C(=O)N1c1cccc(C(F)(F)F)c1. The number of anilines is 1. The zero-order valence-corrected chi connectivity index (χ0v) is 19.9. The van der Waals surface area contributed by atoms with Gasteiger partial charge in [0, 0.05) is 16.1 Å². The number of aliphatic hydroxyl groups excluding tert-OH is 1. The maximum Gasteiger partial charge on any atom is 0.416 e. The largest absolute Gasteiger partial charge is 0.507 e. The number of Topliss-reactive ketones (excluding diaryl/α,β-unsaturated/α-hetero) is 1. The first kappa shape index (κ1) is 24.5. The van der Waals surface area contributed by atoms with Crippen molar-refractivity contribution < 1.29 is 32.6 Å². The lowest BCUT2D eigenvalue weighted by atomic mass is 9.98. The first-order valence-electron chi connectivity index (χ1n) is 10.8. The number of benzene rings is 2. The fraction of sp³-hybridized carbons (Fsp3) is 0.231. The van der Waals surface area contributed by atoms with Crippen molar-refractivity contribution in [2.24, 2.45) is 0 Å². The lowest BCUT2D eigenvalue weighted by molar-refractivity contribution is -0.137. The van der Waals surface area contributed by atoms with Gasteiger partial charge >= 0.3 is 6.18 Å². The van der Waals surface area contributed by atoms with E-state index in [2.05, 4.69) is 0 Å². The smallest absolute Gasteiger partial charge is 0.416 e. The van der Waals surface area contributed by atoms with Crippen molar-refractivity contribution in [3.8, 4) is 5.75 Å². The molecule has 0 aliphatic carbocycles. The van der Waals surface area contributed by atoms with E-state index in [1.807, 2.05) is 13.8 Å². The Hall–Kier alpha value is -3.59. The monoisotopic (exact) mass is 501 g/mol. The standard InChI is InChI=1S/C26H22F3NO4S/c1-14(2)34-19-9-7-16(8-10-19)22(31)20-21(24-15(3)11-12-35-24)30(25(33)23(20)32)18-6-4-5-17(13-18)26(27,28)29/h4-14,21,31H,1-3H3/b22-20-. The van der Waals surface area contributed by atoms with E-state index in [9.17, 15) is 27.9 Å². The number of carbonyl (C=O) groups excluding carboxylic acids is 2. The van der Waals surface area contributed by atoms with Crippen LogP contribution < -0.4 is 9.64 Å². The fourth-order valence-electron chi connectivity index (χ4n) is 3.96. The maximum absolute atomic E-state index is 13.4. The average Bonchev–Trinajstić information content (AvgIpc) is 3.33. The van der Waals surface area contributed by atoms with Gasteiger partial charge in [-0.3, -0.25) is 14.5 Å². The predicted molar refractivity (Wildman–Crippen MR) is 127 cm³/mol. The minimum absolute atomic E-state index is 0.0611. The Morgan fingerprint density at radius 3 is 2.34 bits per heavy atom. The predicted octanol–water partition coefficient (Wildman–Crippen LogP) is 6.49. The van der Waals surface area contributed by atoms with Crippen molar-refractivity contribution in [3.63, 3.8) is 0 Å². The Kier molecular flexibility index (Phi) is 6.46. The van der Waals surface area contributed by atoms with E-state index in [1.54, 1.807) is 42.6 Å². The number of ketones is 1. The summed E-state index contributed by atoms with van der Waals surface area (Å²) in [6, 6.07) is 11.3. The summed E-state index contributed by atoms with van der Waals surface area (Å²) in [7, 11) is 0. The Labute approximate surface area is 204 Å². The number of carbonyl (C=O) groups is 2. The van der Waals surface area contributed by atoms with Crippen molar-refractivity contribution in [1.82, 2.24) is 0 Å². The molecule has 0 bridgehead atoms. The number of alkyl halides is 3. The van der Waals surface area contributed by atoms with Crippen LogP contribution >= 0.6 is 11.3 Å². The van der Waals surface area contributed by atoms with E-state index in [-0.39, 0.29) is 22.9 Å². The molecule has 1 fully saturated rings. The number of amides is 1. The summed E-state index contributed by atoms with van der Waals surface area (Å²) in [5.74, 6) is -1.83. The minimum Gasteiger partial charge on any atom is -0.507 e. The molecule has 1 aliphatic heterocycles. The van der Waals surface area contributed by atoms with Gasteiger partial charge in [0.15, 0.2) is 0 Å². The highest BCUT2D eigenvalue weighted by atomic mass is 32.1.